The average molecular weight is 343 g/mol. The van der Waals surface area contributed by atoms with Crippen molar-refractivity contribution in [3.05, 3.63) is 40.9 Å². The molecular weight excluding hydrogens is 322 g/mol. The SMILES string of the molecule is CN(C[C@H]1Cc2ccccc2O1)C(=O)CC1=CSC2=NCCCN12. The smallest absolute Gasteiger partial charge is 0.228 e. The number of thioether (sulfide) groups is 1. The third-order valence-corrected chi connectivity index (χ3v) is 5.56. The third kappa shape index (κ3) is 3.02. The van der Waals surface area contributed by atoms with Crippen LogP contribution in [0.1, 0.15) is 18.4 Å². The van der Waals surface area contributed by atoms with Gasteiger partial charge in [-0.25, -0.2) is 0 Å². The van der Waals surface area contributed by atoms with Crippen molar-refractivity contribution in [2.24, 2.45) is 4.99 Å². The topological polar surface area (TPSA) is 45.1 Å². The second-order valence-corrected chi connectivity index (χ2v) is 7.24. The second-order valence-electron chi connectivity index (χ2n) is 6.40. The van der Waals surface area contributed by atoms with Gasteiger partial charge in [-0.2, -0.15) is 0 Å². The van der Waals surface area contributed by atoms with Crippen molar-refractivity contribution in [1.29, 1.82) is 0 Å². The van der Waals surface area contributed by atoms with Crippen LogP contribution >= 0.6 is 11.8 Å². The maximum atomic E-state index is 12.6. The van der Waals surface area contributed by atoms with E-state index in [0.717, 1.165) is 42.5 Å². The van der Waals surface area contributed by atoms with Crippen molar-refractivity contribution in [2.45, 2.75) is 25.4 Å². The molecule has 3 heterocycles. The van der Waals surface area contributed by atoms with Crippen molar-refractivity contribution in [1.82, 2.24) is 9.80 Å². The minimum atomic E-state index is 0.0513. The number of amides is 1. The Hall–Kier alpha value is -1.95. The van der Waals surface area contributed by atoms with Crippen molar-refractivity contribution in [2.75, 3.05) is 26.7 Å². The van der Waals surface area contributed by atoms with E-state index in [4.69, 9.17) is 4.74 Å². The number of carbonyl (C=O) groups is 1. The normalized spacial score (nSPS) is 21.5. The van der Waals surface area contributed by atoms with E-state index in [9.17, 15) is 4.79 Å². The van der Waals surface area contributed by atoms with E-state index in [-0.39, 0.29) is 12.0 Å². The first-order chi connectivity index (χ1) is 11.7. The molecule has 0 aromatic heterocycles. The molecule has 0 aliphatic carbocycles. The molecule has 1 aromatic carbocycles. The first-order valence-electron chi connectivity index (χ1n) is 8.37. The minimum Gasteiger partial charge on any atom is -0.488 e. The molecule has 0 bridgehead atoms. The molecular formula is C18H21N3O2S. The molecule has 3 aliphatic rings. The van der Waals surface area contributed by atoms with Gasteiger partial charge in [0.2, 0.25) is 5.91 Å². The summed E-state index contributed by atoms with van der Waals surface area (Å²) in [6.45, 7) is 2.48. The molecule has 0 N–H and O–H groups in total. The Morgan fingerprint density at radius 3 is 3.21 bits per heavy atom. The molecule has 0 radical (unpaired) electrons. The quantitative estimate of drug-likeness (QED) is 0.843. The summed E-state index contributed by atoms with van der Waals surface area (Å²) in [6.07, 6.45) is 2.41. The van der Waals surface area contributed by atoms with Crippen LogP contribution in [0.15, 0.2) is 40.4 Å². The molecule has 0 saturated heterocycles. The van der Waals surface area contributed by atoms with Crippen LogP contribution in [-0.4, -0.2) is 53.7 Å². The predicted octanol–water partition coefficient (Wildman–Crippen LogP) is 2.49. The van der Waals surface area contributed by atoms with Gasteiger partial charge in [-0.3, -0.25) is 9.79 Å². The highest BCUT2D eigenvalue weighted by atomic mass is 32.2. The van der Waals surface area contributed by atoms with Crippen LogP contribution in [0, 0.1) is 0 Å². The summed E-state index contributed by atoms with van der Waals surface area (Å²) in [6, 6.07) is 8.10. The number of ether oxygens (including phenoxy) is 1. The fourth-order valence-electron chi connectivity index (χ4n) is 3.33. The standard InChI is InChI=1S/C18H21N3O2S/c1-20(11-15-9-13-5-2-3-6-16(13)23-15)17(22)10-14-12-24-18-19-7-4-8-21(14)18/h2-3,5-6,12,15H,4,7-11H2,1H3/t15-/m1/s1. The van der Waals surface area contributed by atoms with Crippen molar-refractivity contribution in [3.63, 3.8) is 0 Å². The highest BCUT2D eigenvalue weighted by molar-refractivity contribution is 8.16. The van der Waals surface area contributed by atoms with Gasteiger partial charge in [-0.05, 0) is 23.5 Å². The van der Waals surface area contributed by atoms with Gasteiger partial charge in [0, 0.05) is 32.3 Å². The van der Waals surface area contributed by atoms with Crippen LogP contribution in [0.2, 0.25) is 0 Å². The van der Waals surface area contributed by atoms with Crippen molar-refractivity contribution in [3.8, 4) is 5.75 Å². The van der Waals surface area contributed by atoms with Gasteiger partial charge in [-0.15, -0.1) is 0 Å². The molecule has 0 fully saturated rings. The van der Waals surface area contributed by atoms with Gasteiger partial charge >= 0.3 is 0 Å². The summed E-state index contributed by atoms with van der Waals surface area (Å²) in [4.78, 5) is 21.1. The molecule has 0 spiro atoms. The van der Waals surface area contributed by atoms with Gasteiger partial charge in [0.1, 0.15) is 11.9 Å². The van der Waals surface area contributed by atoms with E-state index < -0.39 is 0 Å². The van der Waals surface area contributed by atoms with Gasteiger partial charge in [0.15, 0.2) is 5.17 Å². The zero-order valence-corrected chi connectivity index (χ0v) is 14.6. The number of nitrogens with zero attached hydrogens (tertiary/aromatic N) is 3. The molecule has 0 saturated carbocycles. The fourth-order valence-corrected chi connectivity index (χ4v) is 4.28. The first kappa shape index (κ1) is 15.6. The highest BCUT2D eigenvalue weighted by Crippen LogP contribution is 2.31. The number of hydrogen-bond donors (Lipinski definition) is 0. The maximum Gasteiger partial charge on any atom is 0.228 e. The Bertz CT molecular complexity index is 691. The summed E-state index contributed by atoms with van der Waals surface area (Å²) in [5, 5.41) is 3.11. The average Bonchev–Trinajstić information content (AvgIpc) is 3.18. The van der Waals surface area contributed by atoms with Crippen LogP contribution in [-0.2, 0) is 11.2 Å². The maximum absolute atomic E-state index is 12.6. The molecule has 1 amide bonds. The Balaban J connectivity index is 1.33. The fraction of sp³-hybridized carbons (Fsp3) is 0.444. The molecule has 24 heavy (non-hydrogen) atoms. The highest BCUT2D eigenvalue weighted by Gasteiger charge is 2.29. The molecule has 0 unspecified atom stereocenters. The second kappa shape index (κ2) is 6.51. The number of benzene rings is 1. The first-order valence-corrected chi connectivity index (χ1v) is 9.25. The number of amidine groups is 1. The third-order valence-electron chi connectivity index (χ3n) is 4.61. The van der Waals surface area contributed by atoms with Crippen LogP contribution in [0.4, 0.5) is 0 Å². The van der Waals surface area contributed by atoms with Gasteiger partial charge in [-0.1, -0.05) is 30.0 Å². The number of likely N-dealkylation sites (N-methyl/N-ethyl adjacent to an activating group) is 1. The molecule has 5 nitrogen and oxygen atoms in total. The summed E-state index contributed by atoms with van der Waals surface area (Å²) >= 11 is 1.63. The number of hydrogen-bond acceptors (Lipinski definition) is 5. The van der Waals surface area contributed by atoms with Crippen LogP contribution in [0.5, 0.6) is 5.75 Å². The summed E-state index contributed by atoms with van der Waals surface area (Å²) in [5.41, 5.74) is 2.30. The van der Waals surface area contributed by atoms with Crippen LogP contribution < -0.4 is 4.74 Å². The number of aliphatic imine (C=N–C) groups is 1. The lowest BCUT2D eigenvalue weighted by Gasteiger charge is -2.27. The lowest BCUT2D eigenvalue weighted by molar-refractivity contribution is -0.130. The Labute approximate surface area is 146 Å². The number of fused-ring (bicyclic) bond motifs is 2. The van der Waals surface area contributed by atoms with Crippen LogP contribution in [0.25, 0.3) is 0 Å². The van der Waals surface area contributed by atoms with E-state index in [2.05, 4.69) is 21.4 Å². The largest absolute Gasteiger partial charge is 0.488 e. The number of rotatable bonds is 4. The van der Waals surface area contributed by atoms with E-state index in [1.807, 2.05) is 25.2 Å². The molecule has 126 valence electrons. The van der Waals surface area contributed by atoms with Gasteiger partial charge in [0.25, 0.3) is 0 Å². The zero-order valence-electron chi connectivity index (χ0n) is 13.8. The number of carbonyl (C=O) groups excluding carboxylic acids is 1. The van der Waals surface area contributed by atoms with Crippen molar-refractivity contribution >= 4 is 22.8 Å². The monoisotopic (exact) mass is 343 g/mol. The Morgan fingerprint density at radius 1 is 1.46 bits per heavy atom. The molecule has 4 rings (SSSR count). The summed E-state index contributed by atoms with van der Waals surface area (Å²) < 4.78 is 5.94. The minimum absolute atomic E-state index is 0.0513. The lowest BCUT2D eigenvalue weighted by atomic mass is 10.1. The van der Waals surface area contributed by atoms with Gasteiger partial charge in [0.05, 0.1) is 13.0 Å². The summed E-state index contributed by atoms with van der Waals surface area (Å²) in [7, 11) is 1.86. The van der Waals surface area contributed by atoms with E-state index >= 15 is 0 Å². The Morgan fingerprint density at radius 2 is 2.33 bits per heavy atom. The predicted molar refractivity (Wildman–Crippen MR) is 96.1 cm³/mol. The zero-order chi connectivity index (χ0) is 16.5. The Kier molecular flexibility index (Phi) is 4.22. The van der Waals surface area contributed by atoms with E-state index in [1.165, 1.54) is 5.56 Å². The van der Waals surface area contributed by atoms with Crippen molar-refractivity contribution < 1.29 is 9.53 Å². The van der Waals surface area contributed by atoms with E-state index in [0.29, 0.717) is 13.0 Å². The van der Waals surface area contributed by atoms with Crippen LogP contribution in [0.3, 0.4) is 0 Å². The van der Waals surface area contributed by atoms with E-state index in [1.54, 1.807) is 16.7 Å². The molecule has 6 heteroatoms. The molecule has 1 aromatic rings. The number of para-hydroxylation sites is 1. The molecule has 3 aliphatic heterocycles. The lowest BCUT2D eigenvalue weighted by Crippen LogP contribution is -2.38. The van der Waals surface area contributed by atoms with Gasteiger partial charge < -0.3 is 14.5 Å². The molecule has 1 atom stereocenters. The summed E-state index contributed by atoms with van der Waals surface area (Å²) in [5.74, 6) is 1.08.